The molecule has 0 saturated carbocycles. The van der Waals surface area contributed by atoms with Crippen molar-refractivity contribution < 1.29 is 0 Å². The molecule has 0 atom stereocenters. The summed E-state index contributed by atoms with van der Waals surface area (Å²) in [6.45, 7) is 0. The van der Waals surface area contributed by atoms with Crippen LogP contribution in [0.5, 0.6) is 0 Å². The normalized spacial score (nSPS) is 0. The minimum absolute atomic E-state index is 0. The van der Waals surface area contributed by atoms with Crippen LogP contribution >= 0.6 is 0 Å². The first-order valence-corrected chi connectivity index (χ1v) is 0. The van der Waals surface area contributed by atoms with Gasteiger partial charge in [-0.1, -0.05) is 0 Å². The van der Waals surface area contributed by atoms with Gasteiger partial charge in [-0.2, -0.15) is 0 Å². The van der Waals surface area contributed by atoms with Gasteiger partial charge < -0.3 is 0 Å². The van der Waals surface area contributed by atoms with E-state index in [9.17, 15) is 0 Å². The van der Waals surface area contributed by atoms with Crippen molar-refractivity contribution in [3.63, 3.8) is 0 Å². The third kappa shape index (κ3) is 8.92. The van der Waals surface area contributed by atoms with Gasteiger partial charge in [-0.15, -0.1) is 0 Å². The van der Waals surface area contributed by atoms with Gasteiger partial charge in [0, 0.05) is 0 Å². The SMILES string of the molecule is [AlH3].[BaH2].[MgH2].[SiH4]. The van der Waals surface area contributed by atoms with E-state index in [0.29, 0.717) is 0 Å². The molecule has 0 aromatic carbocycles. The van der Waals surface area contributed by atoms with Crippen molar-refractivity contribution in [3.8, 4) is 0 Å². The topological polar surface area (TPSA) is 0 Å². The van der Waals surface area contributed by atoms with Crippen molar-refractivity contribution >= 4 is 100 Å². The largest absolute Gasteiger partial charge is 0.316 e. The zero-order chi connectivity index (χ0) is 0. The fourth-order valence-corrected chi connectivity index (χ4v) is 0. The fraction of sp³-hybridized carbons (Fsp3) is 0. The van der Waals surface area contributed by atoms with Crippen molar-refractivity contribution in [3.05, 3.63) is 0 Å². The van der Waals surface area contributed by atoms with Crippen LogP contribution in [-0.2, 0) is 0 Å². The van der Waals surface area contributed by atoms with Crippen LogP contribution in [0.15, 0.2) is 0 Å². The summed E-state index contributed by atoms with van der Waals surface area (Å²) >= 11 is 0. The predicted octanol–water partition coefficient (Wildman–Crippen LogP) is -4.47. The zero-order valence-corrected chi connectivity index (χ0v) is 0. The minimum Gasteiger partial charge on any atom is -0.0149 e. The number of hydrogen-bond acceptors (Lipinski definition) is 0. The molecule has 0 radical (unpaired) electrons. The van der Waals surface area contributed by atoms with E-state index in [1.54, 1.807) is 0 Å². The van der Waals surface area contributed by atoms with E-state index >= 15 is 0 Å². The van der Waals surface area contributed by atoms with Gasteiger partial charge in [-0.25, -0.2) is 0 Å². The first-order chi connectivity index (χ1) is 0. The minimum atomic E-state index is 0. The van der Waals surface area contributed by atoms with Crippen LogP contribution in [0.4, 0.5) is 0 Å². The first-order valence-electron chi connectivity index (χ1n) is 0. The molecule has 0 spiro atoms. The molecule has 0 saturated heterocycles. The Morgan fingerprint density at radius 2 is 1.00 bits per heavy atom. The van der Waals surface area contributed by atoms with E-state index in [1.165, 1.54) is 0 Å². The summed E-state index contributed by atoms with van der Waals surface area (Å²) in [5.74, 6) is 0. The smallest absolute Gasteiger partial charge is 0.0149 e. The van der Waals surface area contributed by atoms with Gasteiger partial charge in [-0.3, -0.25) is 0 Å². The summed E-state index contributed by atoms with van der Waals surface area (Å²) in [5.41, 5.74) is 0. The second kappa shape index (κ2) is 16.5. The van der Waals surface area contributed by atoms with Crippen LogP contribution in [0, 0.1) is 0 Å². The Morgan fingerprint density at radius 3 is 1.00 bits per heavy atom. The van der Waals surface area contributed by atoms with Crippen LogP contribution < -0.4 is 0 Å². The molecule has 0 rings (SSSR count). The molecule has 0 aromatic rings. The monoisotopic (exact) mass is 228 g/mol. The first kappa shape index (κ1) is 27.6. The Bertz CT molecular complexity index is 8.00. The molecule has 0 nitrogen and oxygen atoms in total. The number of rotatable bonds is 0. The van der Waals surface area contributed by atoms with Gasteiger partial charge in [0.05, 0.1) is 0 Å². The molecule has 0 heterocycles. The standard InChI is InChI=1S/Al.Ba.Mg.H4Si.7H/h;;;1H4;;;;;;;. The van der Waals surface area contributed by atoms with E-state index in [2.05, 4.69) is 0 Å². The van der Waals surface area contributed by atoms with Crippen molar-refractivity contribution in [2.24, 2.45) is 0 Å². The van der Waals surface area contributed by atoms with Crippen LogP contribution in [0.1, 0.15) is 0 Å². The Hall–Kier alpha value is 3.09. The van der Waals surface area contributed by atoms with Crippen LogP contribution in [0.2, 0.25) is 0 Å². The fourth-order valence-electron chi connectivity index (χ4n) is 0. The van der Waals surface area contributed by atoms with Crippen LogP contribution in [0.25, 0.3) is 0 Å². The molecule has 0 aliphatic carbocycles. The summed E-state index contributed by atoms with van der Waals surface area (Å²) in [5, 5.41) is 0. The van der Waals surface area contributed by atoms with Gasteiger partial charge in [0.2, 0.25) is 0 Å². The van der Waals surface area contributed by atoms with Crippen molar-refractivity contribution in [2.45, 2.75) is 0 Å². The van der Waals surface area contributed by atoms with Crippen molar-refractivity contribution in [1.82, 2.24) is 0 Å². The zero-order valence-electron chi connectivity index (χ0n) is 0. The molecule has 0 aliphatic heterocycles. The van der Waals surface area contributed by atoms with Crippen LogP contribution in [0.3, 0.4) is 0 Å². The maximum Gasteiger partial charge on any atom is 0.316 e. The van der Waals surface area contributed by atoms with Gasteiger partial charge in [0.1, 0.15) is 0 Å². The predicted molar refractivity (Wildman–Crippen MR) is 38.4 cm³/mol. The second-order valence-corrected chi connectivity index (χ2v) is 0. The molecule has 4 heavy (non-hydrogen) atoms. The summed E-state index contributed by atoms with van der Waals surface area (Å²) in [6, 6.07) is 0. The molecule has 0 fully saturated rings. The number of hydrogen-bond donors (Lipinski definition) is 0. The van der Waals surface area contributed by atoms with Crippen molar-refractivity contribution in [1.29, 1.82) is 0 Å². The maximum absolute atomic E-state index is 0. The van der Waals surface area contributed by atoms with E-state index < -0.39 is 0 Å². The van der Waals surface area contributed by atoms with Gasteiger partial charge >= 0.3 is 71.9 Å². The van der Waals surface area contributed by atoms with E-state index in [1.807, 2.05) is 0 Å². The summed E-state index contributed by atoms with van der Waals surface area (Å²) in [4.78, 5) is 0. The second-order valence-electron chi connectivity index (χ2n) is 0. The average molecular weight is 228 g/mol. The van der Waals surface area contributed by atoms with Crippen LogP contribution in [-0.4, -0.2) is 100 Å². The quantitative estimate of drug-likeness (QED) is 0.367. The van der Waals surface area contributed by atoms with Crippen molar-refractivity contribution in [2.75, 3.05) is 0 Å². The van der Waals surface area contributed by atoms with E-state index in [0.717, 1.165) is 0 Å². The van der Waals surface area contributed by atoms with Gasteiger partial charge in [0.15, 0.2) is 17.4 Å². The molecule has 0 amide bonds. The molecule has 4 heteroatoms. The van der Waals surface area contributed by atoms with E-state index in [-0.39, 0.29) is 100 Å². The molecule has 0 unspecified atom stereocenters. The molecular formula is H11AlBaMgSi. The molecule has 0 N–H and O–H groups in total. The molecular weight excluding hydrogens is 217 g/mol. The Kier molecular flexibility index (Phi) is 114. The summed E-state index contributed by atoms with van der Waals surface area (Å²) in [7, 11) is 0. The van der Waals surface area contributed by atoms with Gasteiger partial charge in [-0.05, 0) is 11.0 Å². The summed E-state index contributed by atoms with van der Waals surface area (Å²) < 4.78 is 0. The Morgan fingerprint density at radius 1 is 1.00 bits per heavy atom. The molecule has 0 aliphatic rings. The molecule has 0 bridgehead atoms. The Labute approximate surface area is 97.9 Å². The summed E-state index contributed by atoms with van der Waals surface area (Å²) in [6.07, 6.45) is 0. The third-order valence-electron chi connectivity index (χ3n) is 0. The molecule has 22 valence electrons. The van der Waals surface area contributed by atoms with E-state index in [4.69, 9.17) is 0 Å². The average Bonchev–Trinajstić information content (AvgIpc) is 0. The maximum atomic E-state index is 0. The molecule has 0 aromatic heterocycles. The van der Waals surface area contributed by atoms with Gasteiger partial charge in [0.25, 0.3) is 0 Å². The Balaban J connectivity index is 0. The third-order valence-corrected chi connectivity index (χ3v) is 0.